The van der Waals surface area contributed by atoms with Crippen LogP contribution >= 0.6 is 11.8 Å². The molecule has 0 aliphatic carbocycles. The van der Waals surface area contributed by atoms with Crippen LogP contribution in [-0.4, -0.2) is 26.5 Å². The van der Waals surface area contributed by atoms with Crippen LogP contribution in [0.15, 0.2) is 0 Å². The highest BCUT2D eigenvalue weighted by atomic mass is 32.2. The number of aromatic nitrogens is 4. The van der Waals surface area contributed by atoms with Crippen LogP contribution in [0, 0.1) is 0 Å². The van der Waals surface area contributed by atoms with E-state index >= 15 is 0 Å². The molecule has 0 unspecified atom stereocenters. The van der Waals surface area contributed by atoms with Crippen LogP contribution in [0.5, 0.6) is 0 Å². The van der Waals surface area contributed by atoms with E-state index in [4.69, 9.17) is 0 Å². The Morgan fingerprint density at radius 3 is 2.89 bits per heavy atom. The first-order valence-electron chi connectivity index (χ1n) is 2.54. The van der Waals surface area contributed by atoms with Gasteiger partial charge in [-0.2, -0.15) is 16.6 Å². The van der Waals surface area contributed by atoms with Crippen LogP contribution in [-0.2, 0) is 12.8 Å². The molecule has 1 rings (SSSR count). The molecule has 0 aliphatic rings. The summed E-state index contributed by atoms with van der Waals surface area (Å²) < 4.78 is 0. The molecule has 0 aromatic carbocycles. The smallest absolute Gasteiger partial charge is 0.167 e. The van der Waals surface area contributed by atoms with Crippen LogP contribution in [0.4, 0.5) is 0 Å². The largest absolute Gasteiger partial charge is 0.184 e. The van der Waals surface area contributed by atoms with Crippen molar-refractivity contribution >= 4 is 11.8 Å². The Kier molecular flexibility index (Phi) is 2.05. The van der Waals surface area contributed by atoms with Crippen LogP contribution in [0.1, 0.15) is 5.82 Å². The summed E-state index contributed by atoms with van der Waals surface area (Å²) in [5.74, 6) is 1.64. The lowest BCUT2D eigenvalue weighted by Gasteiger charge is -1.83. The molecule has 0 atom stereocenters. The molecular formula is C4H8N4S. The maximum absolute atomic E-state index is 3.97. The topological polar surface area (TPSA) is 43.6 Å². The van der Waals surface area contributed by atoms with Gasteiger partial charge >= 0.3 is 0 Å². The fraction of sp³-hybridized carbons (Fsp3) is 0.750. The summed E-state index contributed by atoms with van der Waals surface area (Å²) >= 11 is 1.69. The second-order valence-corrected chi connectivity index (χ2v) is 2.49. The Hall–Kier alpha value is -0.580. The van der Waals surface area contributed by atoms with Crippen molar-refractivity contribution in [3.63, 3.8) is 0 Å². The lowest BCUT2D eigenvalue weighted by molar-refractivity contribution is 0.628. The Balaban J connectivity index is 2.61. The molecule has 4 nitrogen and oxygen atoms in total. The predicted octanol–water partition coefficient (Wildman–Crippen LogP) is 0.0731. The molecular weight excluding hydrogens is 136 g/mol. The van der Waals surface area contributed by atoms with Crippen molar-refractivity contribution in [2.24, 2.45) is 7.05 Å². The predicted molar refractivity (Wildman–Crippen MR) is 36.0 cm³/mol. The lowest BCUT2D eigenvalue weighted by Crippen LogP contribution is -1.92. The van der Waals surface area contributed by atoms with Gasteiger partial charge in [0.2, 0.25) is 0 Å². The van der Waals surface area contributed by atoms with E-state index in [2.05, 4.69) is 15.4 Å². The molecule has 1 aromatic heterocycles. The Labute approximate surface area is 57.6 Å². The third kappa shape index (κ3) is 1.67. The number of tetrazole rings is 1. The van der Waals surface area contributed by atoms with Gasteiger partial charge in [-0.1, -0.05) is 0 Å². The van der Waals surface area contributed by atoms with Crippen molar-refractivity contribution in [3.8, 4) is 0 Å². The van der Waals surface area contributed by atoms with E-state index < -0.39 is 0 Å². The quantitative estimate of drug-likeness (QED) is 0.589. The average molecular weight is 144 g/mol. The maximum atomic E-state index is 3.97. The molecule has 0 N–H and O–H groups in total. The zero-order valence-electron chi connectivity index (χ0n) is 5.40. The van der Waals surface area contributed by atoms with Crippen LogP contribution < -0.4 is 0 Å². The van der Waals surface area contributed by atoms with Gasteiger partial charge in [-0.25, -0.2) is 0 Å². The van der Waals surface area contributed by atoms with E-state index in [-0.39, 0.29) is 0 Å². The number of hydrogen-bond acceptors (Lipinski definition) is 4. The number of hydrogen-bond donors (Lipinski definition) is 0. The van der Waals surface area contributed by atoms with Crippen molar-refractivity contribution in [1.29, 1.82) is 0 Å². The van der Waals surface area contributed by atoms with Crippen LogP contribution in [0.2, 0.25) is 0 Å². The first-order valence-corrected chi connectivity index (χ1v) is 3.94. The van der Waals surface area contributed by atoms with Gasteiger partial charge in [0.1, 0.15) is 0 Å². The van der Waals surface area contributed by atoms with Gasteiger partial charge < -0.3 is 0 Å². The van der Waals surface area contributed by atoms with E-state index in [1.165, 1.54) is 4.80 Å². The third-order valence-corrected chi connectivity index (χ3v) is 1.37. The zero-order chi connectivity index (χ0) is 6.69. The standard InChI is InChI=1S/C4H8N4S/c1-8-6-4(3-9-2)5-7-8/h3H2,1-2H3. The fourth-order valence-electron chi connectivity index (χ4n) is 0.510. The second kappa shape index (κ2) is 2.82. The molecule has 5 heteroatoms. The number of aryl methyl sites for hydroxylation is 1. The van der Waals surface area contributed by atoms with Gasteiger partial charge in [-0.15, -0.1) is 10.2 Å². The van der Waals surface area contributed by atoms with Gasteiger partial charge in [-0.3, -0.25) is 0 Å². The van der Waals surface area contributed by atoms with Gasteiger partial charge in [0, 0.05) is 0 Å². The minimum Gasteiger partial charge on any atom is -0.167 e. The zero-order valence-corrected chi connectivity index (χ0v) is 6.22. The Bertz CT molecular complexity index is 184. The Morgan fingerprint density at radius 1 is 1.67 bits per heavy atom. The maximum Gasteiger partial charge on any atom is 0.184 e. The van der Waals surface area contributed by atoms with E-state index in [0.717, 1.165) is 11.6 Å². The minimum absolute atomic E-state index is 0.796. The van der Waals surface area contributed by atoms with E-state index in [1.54, 1.807) is 18.8 Å². The second-order valence-electron chi connectivity index (χ2n) is 1.63. The SMILES string of the molecule is CSCc1nnn(C)n1. The van der Waals surface area contributed by atoms with Crippen molar-refractivity contribution in [2.75, 3.05) is 6.26 Å². The molecule has 1 aromatic rings. The normalized spacial score (nSPS) is 10.0. The molecule has 0 amide bonds. The Morgan fingerprint density at radius 2 is 2.44 bits per heavy atom. The molecule has 0 radical (unpaired) electrons. The highest BCUT2D eigenvalue weighted by molar-refractivity contribution is 7.97. The molecule has 0 saturated heterocycles. The highest BCUT2D eigenvalue weighted by Crippen LogP contribution is 1.99. The molecule has 50 valence electrons. The molecule has 9 heavy (non-hydrogen) atoms. The first kappa shape index (κ1) is 6.54. The van der Waals surface area contributed by atoms with Crippen molar-refractivity contribution in [2.45, 2.75) is 5.75 Å². The average Bonchev–Trinajstić information content (AvgIpc) is 2.17. The van der Waals surface area contributed by atoms with E-state index in [1.807, 2.05) is 6.26 Å². The lowest BCUT2D eigenvalue weighted by atomic mass is 10.8. The van der Waals surface area contributed by atoms with Gasteiger partial charge in [0.15, 0.2) is 5.82 Å². The van der Waals surface area contributed by atoms with Gasteiger partial charge in [0.25, 0.3) is 0 Å². The van der Waals surface area contributed by atoms with Crippen LogP contribution in [0.25, 0.3) is 0 Å². The summed E-state index contributed by atoms with van der Waals surface area (Å²) in [4.78, 5) is 1.46. The molecule has 1 heterocycles. The minimum atomic E-state index is 0.796. The summed E-state index contributed by atoms with van der Waals surface area (Å²) in [5.41, 5.74) is 0. The first-order chi connectivity index (χ1) is 4.33. The van der Waals surface area contributed by atoms with Gasteiger partial charge in [0.05, 0.1) is 12.8 Å². The van der Waals surface area contributed by atoms with E-state index in [9.17, 15) is 0 Å². The summed E-state index contributed by atoms with van der Waals surface area (Å²) in [7, 11) is 1.76. The van der Waals surface area contributed by atoms with Gasteiger partial charge in [-0.05, 0) is 11.5 Å². The highest BCUT2D eigenvalue weighted by Gasteiger charge is 1.95. The third-order valence-electron chi connectivity index (χ3n) is 0.823. The van der Waals surface area contributed by atoms with Crippen LogP contribution in [0.3, 0.4) is 0 Å². The summed E-state index contributed by atoms with van der Waals surface area (Å²) in [6.45, 7) is 0. The summed E-state index contributed by atoms with van der Waals surface area (Å²) in [6.07, 6.45) is 2.01. The summed E-state index contributed by atoms with van der Waals surface area (Å²) in [5, 5.41) is 11.4. The number of thioether (sulfide) groups is 1. The molecule has 0 saturated carbocycles. The monoisotopic (exact) mass is 144 g/mol. The fourth-order valence-corrected chi connectivity index (χ4v) is 0.884. The number of rotatable bonds is 2. The molecule has 0 aliphatic heterocycles. The van der Waals surface area contributed by atoms with Crippen molar-refractivity contribution < 1.29 is 0 Å². The molecule has 0 fully saturated rings. The molecule has 0 spiro atoms. The van der Waals surface area contributed by atoms with Crippen molar-refractivity contribution in [3.05, 3.63) is 5.82 Å². The van der Waals surface area contributed by atoms with Crippen molar-refractivity contribution in [1.82, 2.24) is 20.2 Å². The molecule has 0 bridgehead atoms. The van der Waals surface area contributed by atoms with E-state index in [0.29, 0.717) is 0 Å². The number of nitrogens with zero attached hydrogens (tertiary/aromatic N) is 4. The summed E-state index contributed by atoms with van der Waals surface area (Å²) in [6, 6.07) is 0.